The van der Waals surface area contributed by atoms with Crippen LogP contribution >= 0.6 is 0 Å². The maximum atomic E-state index is 12.1. The second-order valence-electron chi connectivity index (χ2n) is 6.57. The van der Waals surface area contributed by atoms with E-state index in [1.54, 1.807) is 0 Å². The predicted octanol–water partition coefficient (Wildman–Crippen LogP) is 3.70. The van der Waals surface area contributed by atoms with E-state index in [0.717, 1.165) is 29.8 Å². The van der Waals surface area contributed by atoms with E-state index in [0.29, 0.717) is 5.92 Å². The molecule has 0 bridgehead atoms. The fraction of sp³-hybridized carbons (Fsp3) is 0.444. The predicted molar refractivity (Wildman–Crippen MR) is 86.6 cm³/mol. The third-order valence-electron chi connectivity index (χ3n) is 4.80. The molecule has 114 valence electrons. The Hall–Kier alpha value is -2.10. The standard InChI is InChI=1S/C18H21N3O/c1-21-10-9-17(20-21)16-11-14(7-8-15(16)12-5-6-12)19-18(22)13-3-2-4-13/h7-13H,2-6H2,1H3,(H,19,22). The van der Waals surface area contributed by atoms with Gasteiger partial charge < -0.3 is 5.32 Å². The van der Waals surface area contributed by atoms with Crippen LogP contribution in [0.2, 0.25) is 0 Å². The smallest absolute Gasteiger partial charge is 0.227 e. The highest BCUT2D eigenvalue weighted by molar-refractivity contribution is 5.93. The first-order valence-corrected chi connectivity index (χ1v) is 8.15. The van der Waals surface area contributed by atoms with Crippen molar-refractivity contribution in [3.05, 3.63) is 36.0 Å². The van der Waals surface area contributed by atoms with Gasteiger partial charge in [-0.05, 0) is 55.4 Å². The van der Waals surface area contributed by atoms with E-state index in [1.807, 2.05) is 30.1 Å². The van der Waals surface area contributed by atoms with Crippen LogP contribution in [0.3, 0.4) is 0 Å². The molecule has 1 amide bonds. The van der Waals surface area contributed by atoms with Crippen molar-refractivity contribution in [3.63, 3.8) is 0 Å². The maximum absolute atomic E-state index is 12.1. The van der Waals surface area contributed by atoms with Gasteiger partial charge in [-0.15, -0.1) is 0 Å². The van der Waals surface area contributed by atoms with Gasteiger partial charge in [0.25, 0.3) is 0 Å². The SMILES string of the molecule is Cn1ccc(-c2cc(NC(=O)C3CCC3)ccc2C2CC2)n1. The minimum atomic E-state index is 0.164. The molecule has 1 N–H and O–H groups in total. The lowest BCUT2D eigenvalue weighted by Crippen LogP contribution is -2.28. The molecule has 2 aromatic rings. The van der Waals surface area contributed by atoms with Crippen LogP contribution in [-0.4, -0.2) is 15.7 Å². The minimum Gasteiger partial charge on any atom is -0.326 e. The lowest BCUT2D eigenvalue weighted by Gasteiger charge is -2.24. The average molecular weight is 295 g/mol. The Balaban J connectivity index is 1.64. The van der Waals surface area contributed by atoms with Gasteiger partial charge >= 0.3 is 0 Å². The summed E-state index contributed by atoms with van der Waals surface area (Å²) < 4.78 is 1.83. The Morgan fingerprint density at radius 2 is 2.05 bits per heavy atom. The highest BCUT2D eigenvalue weighted by Crippen LogP contribution is 2.45. The van der Waals surface area contributed by atoms with E-state index in [2.05, 4.69) is 22.5 Å². The molecular weight excluding hydrogens is 274 g/mol. The van der Waals surface area contributed by atoms with Crippen LogP contribution in [0.15, 0.2) is 30.5 Å². The topological polar surface area (TPSA) is 46.9 Å². The van der Waals surface area contributed by atoms with E-state index < -0.39 is 0 Å². The summed E-state index contributed by atoms with van der Waals surface area (Å²) in [4.78, 5) is 12.1. The number of nitrogens with zero attached hydrogens (tertiary/aromatic N) is 2. The quantitative estimate of drug-likeness (QED) is 0.934. The van der Waals surface area contributed by atoms with Gasteiger partial charge in [0, 0.05) is 30.4 Å². The zero-order valence-corrected chi connectivity index (χ0v) is 12.9. The van der Waals surface area contributed by atoms with Crippen LogP contribution in [0.5, 0.6) is 0 Å². The largest absolute Gasteiger partial charge is 0.326 e. The van der Waals surface area contributed by atoms with Crippen molar-refractivity contribution in [1.82, 2.24) is 9.78 Å². The molecular formula is C18H21N3O. The van der Waals surface area contributed by atoms with Gasteiger partial charge in [-0.1, -0.05) is 12.5 Å². The van der Waals surface area contributed by atoms with Gasteiger partial charge in [-0.3, -0.25) is 9.48 Å². The molecule has 0 aliphatic heterocycles. The molecule has 4 rings (SSSR count). The second-order valence-corrected chi connectivity index (χ2v) is 6.57. The third kappa shape index (κ3) is 2.54. The number of nitrogens with one attached hydrogen (secondary N) is 1. The Morgan fingerprint density at radius 1 is 1.23 bits per heavy atom. The number of hydrogen-bond donors (Lipinski definition) is 1. The van der Waals surface area contributed by atoms with Crippen LogP contribution in [0, 0.1) is 5.92 Å². The van der Waals surface area contributed by atoms with Crippen LogP contribution in [-0.2, 0) is 11.8 Å². The summed E-state index contributed by atoms with van der Waals surface area (Å²) in [6, 6.07) is 8.33. The summed E-state index contributed by atoms with van der Waals surface area (Å²) >= 11 is 0. The summed E-state index contributed by atoms with van der Waals surface area (Å²) in [5.41, 5.74) is 4.40. The Bertz CT molecular complexity index is 711. The van der Waals surface area contributed by atoms with E-state index in [9.17, 15) is 4.79 Å². The molecule has 4 nitrogen and oxygen atoms in total. The van der Waals surface area contributed by atoms with Gasteiger partial charge in [0.05, 0.1) is 5.69 Å². The number of anilines is 1. The number of amides is 1. The molecule has 2 fully saturated rings. The normalized spacial score (nSPS) is 18.0. The molecule has 0 atom stereocenters. The number of benzene rings is 1. The number of carbonyl (C=O) groups excluding carboxylic acids is 1. The van der Waals surface area contributed by atoms with Crippen molar-refractivity contribution >= 4 is 11.6 Å². The zero-order valence-electron chi connectivity index (χ0n) is 12.9. The van der Waals surface area contributed by atoms with Gasteiger partial charge in [0.1, 0.15) is 0 Å². The van der Waals surface area contributed by atoms with Crippen molar-refractivity contribution in [2.45, 2.75) is 38.0 Å². The summed E-state index contributed by atoms with van der Waals surface area (Å²) in [6.45, 7) is 0. The van der Waals surface area contributed by atoms with Crippen LogP contribution in [0.4, 0.5) is 5.69 Å². The third-order valence-corrected chi connectivity index (χ3v) is 4.80. The lowest BCUT2D eigenvalue weighted by atomic mass is 9.85. The van der Waals surface area contributed by atoms with Crippen LogP contribution in [0.25, 0.3) is 11.3 Å². The number of aryl methyl sites for hydroxylation is 1. The lowest BCUT2D eigenvalue weighted by molar-refractivity contribution is -0.122. The number of carbonyl (C=O) groups is 1. The summed E-state index contributed by atoms with van der Waals surface area (Å²) in [5.74, 6) is 1.03. The molecule has 1 aromatic heterocycles. The summed E-state index contributed by atoms with van der Waals surface area (Å²) in [5, 5.41) is 7.61. The molecule has 2 saturated carbocycles. The first-order valence-electron chi connectivity index (χ1n) is 8.15. The molecule has 0 saturated heterocycles. The zero-order chi connectivity index (χ0) is 15.1. The molecule has 1 aromatic carbocycles. The molecule has 22 heavy (non-hydrogen) atoms. The molecule has 0 spiro atoms. The molecule has 2 aliphatic carbocycles. The first-order chi connectivity index (χ1) is 10.7. The molecule has 0 unspecified atom stereocenters. The van der Waals surface area contributed by atoms with Crippen molar-refractivity contribution in [2.24, 2.45) is 13.0 Å². The highest BCUT2D eigenvalue weighted by Gasteiger charge is 2.28. The van der Waals surface area contributed by atoms with E-state index in [-0.39, 0.29) is 11.8 Å². The summed E-state index contributed by atoms with van der Waals surface area (Å²) in [6.07, 6.45) is 7.71. The minimum absolute atomic E-state index is 0.164. The average Bonchev–Trinajstić information content (AvgIpc) is 3.18. The molecule has 4 heteroatoms. The van der Waals surface area contributed by atoms with Gasteiger partial charge in [-0.25, -0.2) is 0 Å². The van der Waals surface area contributed by atoms with E-state index in [1.165, 1.54) is 24.8 Å². The van der Waals surface area contributed by atoms with Gasteiger partial charge in [-0.2, -0.15) is 5.10 Å². The second kappa shape index (κ2) is 5.27. The molecule has 1 heterocycles. The fourth-order valence-corrected chi connectivity index (χ4v) is 3.08. The Labute approximate surface area is 130 Å². The van der Waals surface area contributed by atoms with E-state index >= 15 is 0 Å². The monoisotopic (exact) mass is 295 g/mol. The fourth-order valence-electron chi connectivity index (χ4n) is 3.08. The van der Waals surface area contributed by atoms with Gasteiger partial charge in [0.2, 0.25) is 5.91 Å². The maximum Gasteiger partial charge on any atom is 0.227 e. The first kappa shape index (κ1) is 13.6. The molecule has 2 aliphatic rings. The van der Waals surface area contributed by atoms with Crippen LogP contribution in [0.1, 0.15) is 43.6 Å². The highest BCUT2D eigenvalue weighted by atomic mass is 16.1. The van der Waals surface area contributed by atoms with Gasteiger partial charge in [0.15, 0.2) is 0 Å². The Kier molecular flexibility index (Phi) is 3.25. The summed E-state index contributed by atoms with van der Waals surface area (Å²) in [7, 11) is 1.93. The van der Waals surface area contributed by atoms with Crippen molar-refractivity contribution in [2.75, 3.05) is 5.32 Å². The molecule has 0 radical (unpaired) electrons. The van der Waals surface area contributed by atoms with Crippen molar-refractivity contribution < 1.29 is 4.79 Å². The van der Waals surface area contributed by atoms with Crippen molar-refractivity contribution in [3.8, 4) is 11.3 Å². The van der Waals surface area contributed by atoms with Crippen LogP contribution < -0.4 is 5.32 Å². The number of aromatic nitrogens is 2. The van der Waals surface area contributed by atoms with Crippen molar-refractivity contribution in [1.29, 1.82) is 0 Å². The Morgan fingerprint density at radius 3 is 2.64 bits per heavy atom. The van der Waals surface area contributed by atoms with E-state index in [4.69, 9.17) is 0 Å². The number of rotatable bonds is 4. The number of hydrogen-bond acceptors (Lipinski definition) is 2.